The van der Waals surface area contributed by atoms with Crippen molar-refractivity contribution in [3.63, 3.8) is 0 Å². The van der Waals surface area contributed by atoms with E-state index in [1.807, 2.05) is 13.1 Å². The zero-order valence-electron chi connectivity index (χ0n) is 13.4. The largest absolute Gasteiger partial charge is 0.321 e. The standard InChI is InChI=1S/C17H17N3O3S/c1-3-24(22,23)15-7-5-4-6-14(15)17(21)19-13-8-9-16-18-12(2)10-20(16)11-13/h4-11H,3H2,1-2H3,(H,19,21). The average Bonchev–Trinajstić information content (AvgIpc) is 2.94. The Bertz CT molecular complexity index is 1020. The number of sulfone groups is 1. The summed E-state index contributed by atoms with van der Waals surface area (Å²) in [5.74, 6) is -0.517. The van der Waals surface area contributed by atoms with Gasteiger partial charge < -0.3 is 9.72 Å². The summed E-state index contributed by atoms with van der Waals surface area (Å²) in [7, 11) is -3.47. The predicted molar refractivity (Wildman–Crippen MR) is 92.1 cm³/mol. The van der Waals surface area contributed by atoms with Crippen molar-refractivity contribution < 1.29 is 13.2 Å². The van der Waals surface area contributed by atoms with Crippen LogP contribution >= 0.6 is 0 Å². The molecule has 6 nitrogen and oxygen atoms in total. The van der Waals surface area contributed by atoms with Gasteiger partial charge in [-0.2, -0.15) is 0 Å². The first-order chi connectivity index (χ1) is 11.4. The first-order valence-corrected chi connectivity index (χ1v) is 9.14. The molecule has 0 spiro atoms. The van der Waals surface area contributed by atoms with Crippen LogP contribution in [-0.2, 0) is 9.84 Å². The van der Waals surface area contributed by atoms with Crippen LogP contribution < -0.4 is 5.32 Å². The molecule has 2 heterocycles. The Kier molecular flexibility index (Phi) is 4.11. The number of benzene rings is 1. The number of fused-ring (bicyclic) bond motifs is 1. The van der Waals surface area contributed by atoms with Crippen molar-refractivity contribution in [2.45, 2.75) is 18.7 Å². The number of carbonyl (C=O) groups is 1. The van der Waals surface area contributed by atoms with E-state index in [0.717, 1.165) is 11.3 Å². The van der Waals surface area contributed by atoms with Crippen molar-refractivity contribution >= 4 is 27.1 Å². The third-order valence-electron chi connectivity index (χ3n) is 3.68. The van der Waals surface area contributed by atoms with Crippen molar-refractivity contribution in [1.82, 2.24) is 9.38 Å². The number of rotatable bonds is 4. The van der Waals surface area contributed by atoms with E-state index in [4.69, 9.17) is 0 Å². The molecule has 0 bridgehead atoms. The summed E-state index contributed by atoms with van der Waals surface area (Å²) in [4.78, 5) is 16.9. The second kappa shape index (κ2) is 6.09. The highest BCUT2D eigenvalue weighted by Gasteiger charge is 2.20. The Morgan fingerprint density at radius 3 is 2.67 bits per heavy atom. The number of imidazole rings is 1. The topological polar surface area (TPSA) is 80.5 Å². The van der Waals surface area contributed by atoms with Crippen LogP contribution in [0.1, 0.15) is 23.0 Å². The summed E-state index contributed by atoms with van der Waals surface area (Å²) in [6.07, 6.45) is 3.59. The first-order valence-electron chi connectivity index (χ1n) is 7.49. The SMILES string of the molecule is CCS(=O)(=O)c1ccccc1C(=O)Nc1ccc2nc(C)cn2c1. The van der Waals surface area contributed by atoms with E-state index in [2.05, 4.69) is 10.3 Å². The molecule has 7 heteroatoms. The third kappa shape index (κ3) is 3.03. The van der Waals surface area contributed by atoms with Gasteiger partial charge in [0.25, 0.3) is 5.91 Å². The van der Waals surface area contributed by atoms with E-state index < -0.39 is 15.7 Å². The summed E-state index contributed by atoms with van der Waals surface area (Å²) >= 11 is 0. The molecule has 3 rings (SSSR count). The number of aryl methyl sites for hydroxylation is 1. The quantitative estimate of drug-likeness (QED) is 0.790. The fourth-order valence-corrected chi connectivity index (χ4v) is 3.56. The van der Waals surface area contributed by atoms with Gasteiger partial charge in [0.05, 0.1) is 27.6 Å². The van der Waals surface area contributed by atoms with Crippen LogP contribution in [0.5, 0.6) is 0 Å². The molecular formula is C17H17N3O3S. The summed E-state index contributed by atoms with van der Waals surface area (Å²) in [6, 6.07) is 9.74. The number of anilines is 1. The molecule has 24 heavy (non-hydrogen) atoms. The van der Waals surface area contributed by atoms with Gasteiger partial charge in [0.1, 0.15) is 5.65 Å². The van der Waals surface area contributed by atoms with Gasteiger partial charge in [-0.05, 0) is 31.2 Å². The molecule has 0 aliphatic heterocycles. The fraction of sp³-hybridized carbons (Fsp3) is 0.176. The molecule has 124 valence electrons. The Morgan fingerprint density at radius 1 is 1.17 bits per heavy atom. The third-order valence-corrected chi connectivity index (χ3v) is 5.46. The van der Waals surface area contributed by atoms with Crippen molar-refractivity contribution in [3.8, 4) is 0 Å². The van der Waals surface area contributed by atoms with E-state index in [-0.39, 0.29) is 16.2 Å². The van der Waals surface area contributed by atoms with Crippen LogP contribution in [0.4, 0.5) is 5.69 Å². The highest BCUT2D eigenvalue weighted by molar-refractivity contribution is 7.91. The van der Waals surface area contributed by atoms with Crippen LogP contribution in [0.15, 0.2) is 53.7 Å². The number of amides is 1. The minimum absolute atomic E-state index is 0.0459. The lowest BCUT2D eigenvalue weighted by Crippen LogP contribution is -2.17. The molecule has 0 aliphatic rings. The molecule has 1 amide bonds. The van der Waals surface area contributed by atoms with Gasteiger partial charge in [-0.25, -0.2) is 13.4 Å². The zero-order valence-corrected chi connectivity index (χ0v) is 14.2. The lowest BCUT2D eigenvalue weighted by Gasteiger charge is -2.10. The number of pyridine rings is 1. The van der Waals surface area contributed by atoms with E-state index >= 15 is 0 Å². The van der Waals surface area contributed by atoms with Crippen molar-refractivity contribution in [1.29, 1.82) is 0 Å². The van der Waals surface area contributed by atoms with Crippen molar-refractivity contribution in [2.75, 3.05) is 11.1 Å². The lowest BCUT2D eigenvalue weighted by molar-refractivity contribution is 0.102. The van der Waals surface area contributed by atoms with E-state index in [0.29, 0.717) is 5.69 Å². The zero-order chi connectivity index (χ0) is 17.3. The number of hydrogen-bond acceptors (Lipinski definition) is 4. The van der Waals surface area contributed by atoms with E-state index in [1.165, 1.54) is 12.1 Å². The summed E-state index contributed by atoms with van der Waals surface area (Å²) in [5.41, 5.74) is 2.35. The molecule has 1 aromatic carbocycles. The Hall–Kier alpha value is -2.67. The van der Waals surface area contributed by atoms with Gasteiger partial charge in [-0.15, -0.1) is 0 Å². The van der Waals surface area contributed by atoms with Crippen LogP contribution in [0.3, 0.4) is 0 Å². The summed E-state index contributed by atoms with van der Waals surface area (Å²) < 4.78 is 26.1. The van der Waals surface area contributed by atoms with Gasteiger partial charge in [0.2, 0.25) is 0 Å². The smallest absolute Gasteiger partial charge is 0.257 e. The van der Waals surface area contributed by atoms with Crippen molar-refractivity contribution in [2.24, 2.45) is 0 Å². The highest BCUT2D eigenvalue weighted by atomic mass is 32.2. The number of aromatic nitrogens is 2. The molecule has 0 fully saturated rings. The van der Waals surface area contributed by atoms with Crippen LogP contribution in [0.25, 0.3) is 5.65 Å². The molecule has 3 aromatic rings. The average molecular weight is 343 g/mol. The molecule has 1 N–H and O–H groups in total. The second-order valence-electron chi connectivity index (χ2n) is 5.42. The maximum Gasteiger partial charge on any atom is 0.257 e. The van der Waals surface area contributed by atoms with Crippen molar-refractivity contribution in [3.05, 3.63) is 60.0 Å². The minimum atomic E-state index is -3.47. The molecule has 0 saturated heterocycles. The van der Waals surface area contributed by atoms with Gasteiger partial charge >= 0.3 is 0 Å². The molecule has 0 radical (unpaired) electrons. The second-order valence-corrected chi connectivity index (χ2v) is 7.67. The summed E-state index contributed by atoms with van der Waals surface area (Å²) in [5, 5.41) is 2.74. The van der Waals surface area contributed by atoms with Gasteiger partial charge in [0.15, 0.2) is 9.84 Å². The molecule has 0 aliphatic carbocycles. The maximum absolute atomic E-state index is 12.5. The highest BCUT2D eigenvalue weighted by Crippen LogP contribution is 2.19. The summed E-state index contributed by atoms with van der Waals surface area (Å²) in [6.45, 7) is 3.44. The predicted octanol–water partition coefficient (Wildman–Crippen LogP) is 2.69. The van der Waals surface area contributed by atoms with Crippen LogP contribution in [0.2, 0.25) is 0 Å². The number of nitrogens with one attached hydrogen (secondary N) is 1. The lowest BCUT2D eigenvalue weighted by atomic mass is 10.2. The Labute approximate surface area is 140 Å². The molecular weight excluding hydrogens is 326 g/mol. The van der Waals surface area contributed by atoms with E-state index in [1.54, 1.807) is 41.8 Å². The maximum atomic E-state index is 12.5. The fourth-order valence-electron chi connectivity index (χ4n) is 2.47. The minimum Gasteiger partial charge on any atom is -0.321 e. The Balaban J connectivity index is 1.95. The van der Waals surface area contributed by atoms with Crippen LogP contribution in [0, 0.1) is 6.92 Å². The number of carbonyl (C=O) groups excluding carboxylic acids is 1. The number of hydrogen-bond donors (Lipinski definition) is 1. The number of nitrogens with zero attached hydrogens (tertiary/aromatic N) is 2. The molecule has 2 aromatic heterocycles. The molecule has 0 saturated carbocycles. The van der Waals surface area contributed by atoms with Gasteiger partial charge in [0, 0.05) is 12.4 Å². The van der Waals surface area contributed by atoms with Gasteiger partial charge in [-0.1, -0.05) is 19.1 Å². The first kappa shape index (κ1) is 16.2. The van der Waals surface area contributed by atoms with E-state index in [9.17, 15) is 13.2 Å². The van der Waals surface area contributed by atoms with Crippen LogP contribution in [-0.4, -0.2) is 29.5 Å². The molecule has 0 unspecified atom stereocenters. The molecule has 0 atom stereocenters. The Morgan fingerprint density at radius 2 is 1.92 bits per heavy atom. The van der Waals surface area contributed by atoms with Gasteiger partial charge in [-0.3, -0.25) is 4.79 Å². The monoisotopic (exact) mass is 343 g/mol. The normalized spacial score (nSPS) is 11.6.